The Kier molecular flexibility index (Phi) is 3.78. The van der Waals surface area contributed by atoms with Gasteiger partial charge in [-0.1, -0.05) is 42.5 Å². The van der Waals surface area contributed by atoms with Crippen LogP contribution in [0.15, 0.2) is 54.6 Å². The van der Waals surface area contributed by atoms with Crippen molar-refractivity contribution in [3.8, 4) is 0 Å². The second kappa shape index (κ2) is 5.51. The van der Waals surface area contributed by atoms with E-state index < -0.39 is 0 Å². The van der Waals surface area contributed by atoms with Crippen LogP contribution in [0.5, 0.6) is 0 Å². The van der Waals surface area contributed by atoms with Gasteiger partial charge in [0.05, 0.1) is 0 Å². The maximum atomic E-state index is 5.81. The summed E-state index contributed by atoms with van der Waals surface area (Å²) in [6.45, 7) is 2.84. The number of nitrogens with two attached hydrogens (primary N) is 1. The van der Waals surface area contributed by atoms with Gasteiger partial charge in [0.25, 0.3) is 0 Å². The largest absolute Gasteiger partial charge is 0.381 e. The first kappa shape index (κ1) is 11.7. The summed E-state index contributed by atoms with van der Waals surface area (Å²) < 4.78 is 0. The van der Waals surface area contributed by atoms with Crippen LogP contribution in [0.25, 0.3) is 0 Å². The Morgan fingerprint density at radius 2 is 1.65 bits per heavy atom. The third kappa shape index (κ3) is 3.33. The first-order chi connectivity index (χ1) is 8.25. The summed E-state index contributed by atoms with van der Waals surface area (Å²) >= 11 is 0. The van der Waals surface area contributed by atoms with Gasteiger partial charge in [0, 0.05) is 18.3 Å². The Labute approximate surface area is 102 Å². The highest BCUT2D eigenvalue weighted by Gasteiger charge is 1.98. The Bertz CT molecular complexity index is 446. The molecular formula is C15H18N2. The zero-order chi connectivity index (χ0) is 12.1. The van der Waals surface area contributed by atoms with Gasteiger partial charge < -0.3 is 11.1 Å². The molecule has 0 amide bonds. The minimum absolute atomic E-state index is 0.0955. The van der Waals surface area contributed by atoms with Gasteiger partial charge in [-0.2, -0.15) is 0 Å². The summed E-state index contributed by atoms with van der Waals surface area (Å²) in [5, 5.41) is 3.39. The number of hydrogen-bond donors (Lipinski definition) is 2. The molecule has 17 heavy (non-hydrogen) atoms. The molecule has 2 nitrogen and oxygen atoms in total. The average molecular weight is 226 g/mol. The fraction of sp³-hybridized carbons (Fsp3) is 0.200. The fourth-order valence-corrected chi connectivity index (χ4v) is 1.70. The molecule has 2 heteroatoms. The third-order valence-electron chi connectivity index (χ3n) is 2.78. The molecule has 3 N–H and O–H groups in total. The predicted octanol–water partition coefficient (Wildman–Crippen LogP) is 3.32. The van der Waals surface area contributed by atoms with Crippen LogP contribution in [0.1, 0.15) is 24.1 Å². The number of benzene rings is 2. The molecule has 0 aliphatic rings. The van der Waals surface area contributed by atoms with Crippen molar-refractivity contribution in [3.05, 3.63) is 65.7 Å². The summed E-state index contributed by atoms with van der Waals surface area (Å²) in [5.74, 6) is 0. The molecule has 2 aromatic carbocycles. The van der Waals surface area contributed by atoms with Crippen LogP contribution < -0.4 is 11.1 Å². The third-order valence-corrected chi connectivity index (χ3v) is 2.78. The van der Waals surface area contributed by atoms with Gasteiger partial charge in [0.15, 0.2) is 0 Å². The van der Waals surface area contributed by atoms with Crippen LogP contribution in [0.4, 0.5) is 5.69 Å². The molecule has 0 bridgehead atoms. The molecule has 88 valence electrons. The molecule has 2 aromatic rings. The lowest BCUT2D eigenvalue weighted by Crippen LogP contribution is -2.05. The predicted molar refractivity (Wildman–Crippen MR) is 72.8 cm³/mol. The second-order valence-electron chi connectivity index (χ2n) is 4.25. The molecule has 0 radical (unpaired) electrons. The van der Waals surface area contributed by atoms with Crippen LogP contribution in [-0.4, -0.2) is 0 Å². The molecule has 0 aromatic heterocycles. The maximum Gasteiger partial charge on any atom is 0.0400 e. The quantitative estimate of drug-likeness (QED) is 0.839. The normalized spacial score (nSPS) is 12.1. The van der Waals surface area contributed by atoms with Crippen molar-refractivity contribution in [1.29, 1.82) is 0 Å². The fourth-order valence-electron chi connectivity index (χ4n) is 1.70. The Hall–Kier alpha value is -1.80. The average Bonchev–Trinajstić information content (AvgIpc) is 2.38. The van der Waals surface area contributed by atoms with Crippen molar-refractivity contribution in [1.82, 2.24) is 0 Å². The number of hydrogen-bond acceptors (Lipinski definition) is 2. The smallest absolute Gasteiger partial charge is 0.0400 e. The van der Waals surface area contributed by atoms with Crippen molar-refractivity contribution in [2.24, 2.45) is 5.73 Å². The molecule has 0 aliphatic heterocycles. The zero-order valence-corrected chi connectivity index (χ0v) is 10.1. The standard InChI is InChI=1S/C15H18N2/c1-12(16)14-7-9-15(10-8-14)17-11-13-5-3-2-4-6-13/h2-10,12,17H,11,16H2,1H3/t12-/m1/s1. The molecule has 0 aliphatic carbocycles. The summed E-state index contributed by atoms with van der Waals surface area (Å²) in [6.07, 6.45) is 0. The highest BCUT2D eigenvalue weighted by atomic mass is 14.9. The Balaban J connectivity index is 1.96. The van der Waals surface area contributed by atoms with Crippen LogP contribution in [0, 0.1) is 0 Å². The molecule has 2 rings (SSSR count). The highest BCUT2D eigenvalue weighted by Crippen LogP contribution is 2.14. The summed E-state index contributed by atoms with van der Waals surface area (Å²) in [6, 6.07) is 18.7. The van der Waals surface area contributed by atoms with Gasteiger partial charge in [-0.15, -0.1) is 0 Å². The molecule has 0 fully saturated rings. The van der Waals surface area contributed by atoms with Crippen LogP contribution >= 0.6 is 0 Å². The molecular weight excluding hydrogens is 208 g/mol. The van der Waals surface area contributed by atoms with Gasteiger partial charge in [-0.05, 0) is 30.2 Å². The van der Waals surface area contributed by atoms with E-state index >= 15 is 0 Å². The number of rotatable bonds is 4. The first-order valence-electron chi connectivity index (χ1n) is 5.89. The van der Waals surface area contributed by atoms with Crippen LogP contribution in [0.2, 0.25) is 0 Å². The van der Waals surface area contributed by atoms with Crippen LogP contribution in [-0.2, 0) is 6.54 Å². The SMILES string of the molecule is C[C@@H](N)c1ccc(NCc2ccccc2)cc1. The van der Waals surface area contributed by atoms with E-state index in [-0.39, 0.29) is 6.04 Å². The highest BCUT2D eigenvalue weighted by molar-refractivity contribution is 5.45. The van der Waals surface area contributed by atoms with Crippen molar-refractivity contribution in [2.75, 3.05) is 5.32 Å². The molecule has 0 heterocycles. The van der Waals surface area contributed by atoms with Crippen molar-refractivity contribution < 1.29 is 0 Å². The van der Waals surface area contributed by atoms with Gasteiger partial charge in [0.2, 0.25) is 0 Å². The molecule has 0 saturated carbocycles. The minimum Gasteiger partial charge on any atom is -0.381 e. The van der Waals surface area contributed by atoms with E-state index in [0.717, 1.165) is 17.8 Å². The molecule has 0 saturated heterocycles. The Morgan fingerprint density at radius 1 is 1.00 bits per heavy atom. The van der Waals surface area contributed by atoms with Gasteiger partial charge >= 0.3 is 0 Å². The lowest BCUT2D eigenvalue weighted by atomic mass is 10.1. The van der Waals surface area contributed by atoms with Gasteiger partial charge in [-0.25, -0.2) is 0 Å². The second-order valence-corrected chi connectivity index (χ2v) is 4.25. The van der Waals surface area contributed by atoms with E-state index in [0.29, 0.717) is 0 Å². The summed E-state index contributed by atoms with van der Waals surface area (Å²) in [5.41, 5.74) is 9.38. The van der Waals surface area contributed by atoms with E-state index in [9.17, 15) is 0 Å². The van der Waals surface area contributed by atoms with E-state index in [2.05, 4.69) is 53.8 Å². The number of nitrogens with one attached hydrogen (secondary N) is 1. The minimum atomic E-state index is 0.0955. The lowest BCUT2D eigenvalue weighted by molar-refractivity contribution is 0.818. The van der Waals surface area contributed by atoms with E-state index in [4.69, 9.17) is 5.73 Å². The molecule has 1 atom stereocenters. The van der Waals surface area contributed by atoms with Crippen LogP contribution in [0.3, 0.4) is 0 Å². The van der Waals surface area contributed by atoms with Gasteiger partial charge in [-0.3, -0.25) is 0 Å². The van der Waals surface area contributed by atoms with Crippen molar-refractivity contribution in [3.63, 3.8) is 0 Å². The van der Waals surface area contributed by atoms with Crippen molar-refractivity contribution in [2.45, 2.75) is 19.5 Å². The lowest BCUT2D eigenvalue weighted by Gasteiger charge is -2.09. The topological polar surface area (TPSA) is 38.0 Å². The van der Waals surface area contributed by atoms with E-state index in [1.807, 2.05) is 13.0 Å². The monoisotopic (exact) mass is 226 g/mol. The van der Waals surface area contributed by atoms with E-state index in [1.54, 1.807) is 0 Å². The zero-order valence-electron chi connectivity index (χ0n) is 10.1. The Morgan fingerprint density at radius 3 is 2.24 bits per heavy atom. The first-order valence-corrected chi connectivity index (χ1v) is 5.89. The van der Waals surface area contributed by atoms with Crippen molar-refractivity contribution >= 4 is 5.69 Å². The summed E-state index contributed by atoms with van der Waals surface area (Å²) in [7, 11) is 0. The van der Waals surface area contributed by atoms with E-state index in [1.165, 1.54) is 5.56 Å². The molecule has 0 spiro atoms. The summed E-state index contributed by atoms with van der Waals surface area (Å²) in [4.78, 5) is 0. The van der Waals surface area contributed by atoms with Gasteiger partial charge in [0.1, 0.15) is 0 Å². The maximum absolute atomic E-state index is 5.81. The molecule has 0 unspecified atom stereocenters. The number of anilines is 1.